The number of nitrogens with one attached hydrogen (secondary N) is 1. The van der Waals surface area contributed by atoms with Gasteiger partial charge in [-0.2, -0.15) is 13.2 Å². The van der Waals surface area contributed by atoms with Gasteiger partial charge in [0, 0.05) is 12.5 Å². The Morgan fingerprint density at radius 3 is 2.50 bits per heavy atom. The van der Waals surface area contributed by atoms with Crippen molar-refractivity contribution in [1.82, 2.24) is 5.32 Å². The minimum atomic E-state index is -4.38. The molecule has 1 heterocycles. The van der Waals surface area contributed by atoms with Crippen molar-refractivity contribution in [3.8, 4) is 0 Å². The third-order valence-corrected chi connectivity index (χ3v) is 1.72. The number of carbonyl (C=O) groups is 1. The van der Waals surface area contributed by atoms with Crippen molar-refractivity contribution in [2.45, 2.75) is 31.1 Å². The molecule has 0 saturated carbocycles. The fourth-order valence-corrected chi connectivity index (χ4v) is 1.15. The highest BCUT2D eigenvalue weighted by Gasteiger charge is 2.43. The quantitative estimate of drug-likeness (QED) is 0.560. The van der Waals surface area contributed by atoms with Crippen molar-refractivity contribution in [2.75, 3.05) is 0 Å². The molecule has 0 radical (unpaired) electrons. The van der Waals surface area contributed by atoms with Crippen LogP contribution in [0.3, 0.4) is 0 Å². The average molecular weight is 182 g/mol. The van der Waals surface area contributed by atoms with Gasteiger partial charge in [-0.3, -0.25) is 4.79 Å². The van der Waals surface area contributed by atoms with Crippen LogP contribution in [-0.2, 0) is 4.79 Å². The van der Waals surface area contributed by atoms with Gasteiger partial charge in [-0.15, -0.1) is 0 Å². The van der Waals surface area contributed by atoms with E-state index >= 15 is 0 Å². The summed E-state index contributed by atoms with van der Waals surface area (Å²) < 4.78 is 36.1. The van der Waals surface area contributed by atoms with E-state index < -0.39 is 24.2 Å². The largest absolute Gasteiger partial charge is 0.408 e. The van der Waals surface area contributed by atoms with E-state index in [1.807, 2.05) is 5.32 Å². The molecular weight excluding hydrogens is 173 g/mol. The first kappa shape index (κ1) is 9.31. The summed E-state index contributed by atoms with van der Waals surface area (Å²) >= 11 is 0. The summed E-state index contributed by atoms with van der Waals surface area (Å²) in [6.45, 7) is 0. The van der Waals surface area contributed by atoms with Crippen LogP contribution < -0.4 is 11.1 Å². The Labute approximate surface area is 67.1 Å². The van der Waals surface area contributed by atoms with Crippen LogP contribution in [0.25, 0.3) is 0 Å². The molecule has 3 N–H and O–H groups in total. The Kier molecular flexibility index (Phi) is 2.27. The van der Waals surface area contributed by atoms with Crippen LogP contribution >= 0.6 is 0 Å². The molecule has 3 nitrogen and oxygen atoms in total. The van der Waals surface area contributed by atoms with Gasteiger partial charge in [0.2, 0.25) is 5.91 Å². The van der Waals surface area contributed by atoms with Gasteiger partial charge in [-0.25, -0.2) is 0 Å². The first-order chi connectivity index (χ1) is 5.39. The van der Waals surface area contributed by atoms with Crippen LogP contribution in [0.4, 0.5) is 13.2 Å². The minimum absolute atomic E-state index is 0.0212. The second-order valence-corrected chi connectivity index (χ2v) is 2.86. The topological polar surface area (TPSA) is 55.1 Å². The summed E-state index contributed by atoms with van der Waals surface area (Å²) in [4.78, 5) is 10.6. The van der Waals surface area contributed by atoms with Crippen LogP contribution in [0, 0.1) is 0 Å². The summed E-state index contributed by atoms with van der Waals surface area (Å²) in [7, 11) is 0. The zero-order chi connectivity index (χ0) is 9.35. The molecule has 2 atom stereocenters. The summed E-state index contributed by atoms with van der Waals surface area (Å²) in [5.41, 5.74) is 5.25. The molecule has 12 heavy (non-hydrogen) atoms. The molecule has 70 valence electrons. The molecule has 1 aliphatic heterocycles. The maximum absolute atomic E-state index is 12.0. The van der Waals surface area contributed by atoms with Crippen LogP contribution in [0.2, 0.25) is 0 Å². The predicted octanol–water partition coefficient (Wildman–Crippen LogP) is 0.155. The molecule has 0 aromatic heterocycles. The van der Waals surface area contributed by atoms with E-state index in [1.54, 1.807) is 0 Å². The Morgan fingerprint density at radius 2 is 2.08 bits per heavy atom. The van der Waals surface area contributed by atoms with Crippen molar-refractivity contribution in [1.29, 1.82) is 0 Å². The lowest BCUT2D eigenvalue weighted by molar-refractivity contribution is -0.168. The Bertz CT molecular complexity index is 192. The molecule has 0 aliphatic carbocycles. The van der Waals surface area contributed by atoms with Gasteiger partial charge in [0.25, 0.3) is 0 Å². The first-order valence-corrected chi connectivity index (χ1v) is 3.51. The molecule has 0 aromatic rings. The zero-order valence-electron chi connectivity index (χ0n) is 6.19. The second kappa shape index (κ2) is 2.93. The van der Waals surface area contributed by atoms with Crippen molar-refractivity contribution >= 4 is 5.91 Å². The average Bonchev–Trinajstić information content (AvgIpc) is 1.82. The standard InChI is InChI=1S/C6H9F3N2O/c7-6(8,9)4-1-3(10)2-5(12)11-4/h3-4H,1-2,10H2,(H,11,12). The third-order valence-electron chi connectivity index (χ3n) is 1.72. The Hall–Kier alpha value is -0.780. The van der Waals surface area contributed by atoms with E-state index in [-0.39, 0.29) is 12.8 Å². The van der Waals surface area contributed by atoms with E-state index in [2.05, 4.69) is 0 Å². The fraction of sp³-hybridized carbons (Fsp3) is 0.833. The lowest BCUT2D eigenvalue weighted by Crippen LogP contribution is -2.53. The summed E-state index contributed by atoms with van der Waals surface area (Å²) in [6.07, 6.45) is -4.63. The molecule has 1 saturated heterocycles. The number of rotatable bonds is 0. The van der Waals surface area contributed by atoms with Crippen molar-refractivity contribution in [2.24, 2.45) is 5.73 Å². The SMILES string of the molecule is NC1CC(=O)NC(C(F)(F)F)C1. The summed E-state index contributed by atoms with van der Waals surface area (Å²) in [5.74, 6) is -0.629. The van der Waals surface area contributed by atoms with Crippen molar-refractivity contribution < 1.29 is 18.0 Å². The minimum Gasteiger partial charge on any atom is -0.344 e. The van der Waals surface area contributed by atoms with Gasteiger partial charge in [-0.05, 0) is 6.42 Å². The molecule has 0 bridgehead atoms. The van der Waals surface area contributed by atoms with Gasteiger partial charge in [0.15, 0.2) is 0 Å². The highest BCUT2D eigenvalue weighted by atomic mass is 19.4. The number of piperidine rings is 1. The lowest BCUT2D eigenvalue weighted by atomic mass is 9.99. The first-order valence-electron chi connectivity index (χ1n) is 3.51. The number of nitrogens with two attached hydrogens (primary N) is 1. The van der Waals surface area contributed by atoms with Crippen LogP contribution in [0.1, 0.15) is 12.8 Å². The van der Waals surface area contributed by atoms with Crippen LogP contribution in [-0.4, -0.2) is 24.2 Å². The number of carbonyl (C=O) groups excluding carboxylic acids is 1. The van der Waals surface area contributed by atoms with Gasteiger partial charge in [-0.1, -0.05) is 0 Å². The number of alkyl halides is 3. The highest BCUT2D eigenvalue weighted by Crippen LogP contribution is 2.25. The molecule has 1 aliphatic rings. The van der Waals surface area contributed by atoms with Gasteiger partial charge < -0.3 is 11.1 Å². The van der Waals surface area contributed by atoms with Crippen molar-refractivity contribution in [3.63, 3.8) is 0 Å². The number of hydrogen-bond donors (Lipinski definition) is 2. The van der Waals surface area contributed by atoms with Crippen molar-refractivity contribution in [3.05, 3.63) is 0 Å². The molecule has 0 aromatic carbocycles. The lowest BCUT2D eigenvalue weighted by Gasteiger charge is -2.28. The number of amides is 1. The summed E-state index contributed by atoms with van der Waals surface area (Å²) in [5, 5.41) is 1.84. The smallest absolute Gasteiger partial charge is 0.344 e. The Balaban J connectivity index is 2.62. The maximum atomic E-state index is 12.0. The third kappa shape index (κ3) is 2.10. The van der Waals surface area contributed by atoms with E-state index in [9.17, 15) is 18.0 Å². The van der Waals surface area contributed by atoms with Gasteiger partial charge in [0.05, 0.1) is 0 Å². The van der Waals surface area contributed by atoms with Crippen LogP contribution in [0.15, 0.2) is 0 Å². The Morgan fingerprint density at radius 1 is 1.50 bits per heavy atom. The molecule has 1 amide bonds. The number of hydrogen-bond acceptors (Lipinski definition) is 2. The molecule has 2 unspecified atom stereocenters. The second-order valence-electron chi connectivity index (χ2n) is 2.86. The zero-order valence-corrected chi connectivity index (χ0v) is 6.19. The van der Waals surface area contributed by atoms with Gasteiger partial charge in [0.1, 0.15) is 6.04 Å². The normalized spacial score (nSPS) is 31.5. The van der Waals surface area contributed by atoms with Gasteiger partial charge >= 0.3 is 6.18 Å². The van der Waals surface area contributed by atoms with E-state index in [0.29, 0.717) is 0 Å². The van der Waals surface area contributed by atoms with E-state index in [1.165, 1.54) is 0 Å². The van der Waals surface area contributed by atoms with Crippen LogP contribution in [0.5, 0.6) is 0 Å². The maximum Gasteiger partial charge on any atom is 0.408 e. The summed E-state index contributed by atoms with van der Waals surface area (Å²) in [6, 6.07) is -2.45. The van der Waals surface area contributed by atoms with E-state index in [4.69, 9.17) is 5.73 Å². The molecule has 1 rings (SSSR count). The predicted molar refractivity (Wildman–Crippen MR) is 35.2 cm³/mol. The number of halogens is 3. The molecular formula is C6H9F3N2O. The fourth-order valence-electron chi connectivity index (χ4n) is 1.15. The molecule has 1 fully saturated rings. The molecule has 0 spiro atoms. The monoisotopic (exact) mass is 182 g/mol. The molecule has 6 heteroatoms. The van der Waals surface area contributed by atoms with E-state index in [0.717, 1.165) is 0 Å². The highest BCUT2D eigenvalue weighted by molar-refractivity contribution is 5.77.